The van der Waals surface area contributed by atoms with Crippen LogP contribution in [0.1, 0.15) is 17.2 Å². The van der Waals surface area contributed by atoms with Crippen LogP contribution < -0.4 is 5.48 Å². The van der Waals surface area contributed by atoms with Crippen molar-refractivity contribution in [2.24, 2.45) is 0 Å². The summed E-state index contributed by atoms with van der Waals surface area (Å²) < 4.78 is 5.74. The molecular weight excluding hydrogens is 254 g/mol. The molecule has 0 aromatic heterocycles. The molecule has 0 atom stereocenters. The first-order chi connectivity index (χ1) is 9.81. The zero-order valence-corrected chi connectivity index (χ0v) is 11.3. The summed E-state index contributed by atoms with van der Waals surface area (Å²) in [5, 5.41) is 0. The van der Waals surface area contributed by atoms with E-state index in [0.29, 0.717) is 0 Å². The standard InChI is InChI=1S/C16H17NO3/c1-19-17-15(18)12-20-16(13-8-4-2-5-9-13)14-10-6-3-7-11-14/h2-11,16H,12H2,1H3,(H,17,18). The molecule has 1 amide bonds. The van der Waals surface area contributed by atoms with Gasteiger partial charge in [-0.2, -0.15) is 0 Å². The van der Waals surface area contributed by atoms with E-state index in [-0.39, 0.29) is 18.6 Å². The summed E-state index contributed by atoms with van der Waals surface area (Å²) in [5.41, 5.74) is 4.25. The van der Waals surface area contributed by atoms with Gasteiger partial charge in [0.2, 0.25) is 0 Å². The molecule has 104 valence electrons. The summed E-state index contributed by atoms with van der Waals surface area (Å²) in [6.45, 7) is -0.0672. The van der Waals surface area contributed by atoms with Gasteiger partial charge < -0.3 is 4.74 Å². The zero-order chi connectivity index (χ0) is 14.2. The highest BCUT2D eigenvalue weighted by Crippen LogP contribution is 2.25. The van der Waals surface area contributed by atoms with E-state index in [0.717, 1.165) is 11.1 Å². The minimum atomic E-state index is -0.315. The first-order valence-electron chi connectivity index (χ1n) is 6.34. The average molecular weight is 271 g/mol. The molecule has 0 saturated carbocycles. The first kappa shape index (κ1) is 14.2. The van der Waals surface area contributed by atoms with Gasteiger partial charge in [0, 0.05) is 0 Å². The summed E-state index contributed by atoms with van der Waals surface area (Å²) in [6.07, 6.45) is -0.278. The zero-order valence-electron chi connectivity index (χ0n) is 11.3. The van der Waals surface area contributed by atoms with E-state index in [1.165, 1.54) is 7.11 Å². The summed E-state index contributed by atoms with van der Waals surface area (Å²) in [5.74, 6) is -0.315. The van der Waals surface area contributed by atoms with Crippen molar-refractivity contribution in [3.8, 4) is 0 Å². The van der Waals surface area contributed by atoms with E-state index in [1.807, 2.05) is 60.7 Å². The molecule has 1 N–H and O–H groups in total. The van der Waals surface area contributed by atoms with E-state index >= 15 is 0 Å². The summed E-state index contributed by atoms with van der Waals surface area (Å²) in [7, 11) is 1.39. The second-order valence-electron chi connectivity index (χ2n) is 4.24. The van der Waals surface area contributed by atoms with Gasteiger partial charge in [0.15, 0.2) is 0 Å². The van der Waals surface area contributed by atoms with E-state index in [2.05, 4.69) is 10.3 Å². The van der Waals surface area contributed by atoms with Gasteiger partial charge >= 0.3 is 0 Å². The molecule has 0 unspecified atom stereocenters. The fraction of sp³-hybridized carbons (Fsp3) is 0.188. The highest BCUT2D eigenvalue weighted by atomic mass is 16.6. The molecule has 4 nitrogen and oxygen atoms in total. The van der Waals surface area contributed by atoms with Gasteiger partial charge in [-0.25, -0.2) is 5.48 Å². The Morgan fingerprint density at radius 1 is 1.00 bits per heavy atom. The lowest BCUT2D eigenvalue weighted by Crippen LogP contribution is -2.27. The maximum atomic E-state index is 11.4. The average Bonchev–Trinajstić information content (AvgIpc) is 2.50. The lowest BCUT2D eigenvalue weighted by molar-refractivity contribution is -0.137. The number of hydroxylamine groups is 1. The van der Waals surface area contributed by atoms with Gasteiger partial charge in [0.05, 0.1) is 7.11 Å². The van der Waals surface area contributed by atoms with Crippen LogP contribution in [-0.2, 0) is 14.4 Å². The second-order valence-corrected chi connectivity index (χ2v) is 4.24. The van der Waals surface area contributed by atoms with Gasteiger partial charge in [-0.05, 0) is 11.1 Å². The monoisotopic (exact) mass is 271 g/mol. The summed E-state index contributed by atoms with van der Waals surface area (Å²) in [4.78, 5) is 16.0. The Hall–Kier alpha value is -2.17. The van der Waals surface area contributed by atoms with Crippen LogP contribution in [0.4, 0.5) is 0 Å². The van der Waals surface area contributed by atoms with Crippen molar-refractivity contribution in [1.29, 1.82) is 0 Å². The maximum absolute atomic E-state index is 11.4. The van der Waals surface area contributed by atoms with Crippen molar-refractivity contribution in [2.45, 2.75) is 6.10 Å². The molecule has 2 rings (SSSR count). The predicted molar refractivity (Wildman–Crippen MR) is 75.8 cm³/mol. The summed E-state index contributed by atoms with van der Waals surface area (Å²) >= 11 is 0. The largest absolute Gasteiger partial charge is 0.359 e. The molecule has 4 heteroatoms. The smallest absolute Gasteiger partial charge is 0.269 e. The molecule has 20 heavy (non-hydrogen) atoms. The van der Waals surface area contributed by atoms with Crippen molar-refractivity contribution < 1.29 is 14.4 Å². The highest BCUT2D eigenvalue weighted by molar-refractivity contribution is 5.76. The topological polar surface area (TPSA) is 47.6 Å². The Morgan fingerprint density at radius 2 is 1.50 bits per heavy atom. The molecule has 2 aromatic rings. The van der Waals surface area contributed by atoms with Gasteiger partial charge in [-0.1, -0.05) is 60.7 Å². The number of nitrogens with one attached hydrogen (secondary N) is 1. The number of hydrogen-bond donors (Lipinski definition) is 1. The molecule has 0 aliphatic heterocycles. The third kappa shape index (κ3) is 3.91. The van der Waals surface area contributed by atoms with Crippen molar-refractivity contribution in [3.63, 3.8) is 0 Å². The Bertz CT molecular complexity index is 488. The number of rotatable bonds is 6. The third-order valence-corrected chi connectivity index (χ3v) is 2.80. The molecule has 0 fully saturated rings. The van der Waals surface area contributed by atoms with E-state index in [4.69, 9.17) is 4.74 Å². The number of amides is 1. The van der Waals surface area contributed by atoms with Crippen LogP contribution in [0.5, 0.6) is 0 Å². The van der Waals surface area contributed by atoms with Gasteiger partial charge in [-0.3, -0.25) is 9.63 Å². The molecule has 0 aliphatic rings. The Morgan fingerprint density at radius 3 is 1.95 bits per heavy atom. The SMILES string of the molecule is CONC(=O)COC(c1ccccc1)c1ccccc1. The highest BCUT2D eigenvalue weighted by Gasteiger charge is 2.15. The quantitative estimate of drug-likeness (QED) is 0.821. The van der Waals surface area contributed by atoms with E-state index < -0.39 is 0 Å². The van der Waals surface area contributed by atoms with Crippen molar-refractivity contribution in [3.05, 3.63) is 71.8 Å². The van der Waals surface area contributed by atoms with E-state index in [1.54, 1.807) is 0 Å². The van der Waals surface area contributed by atoms with Crippen LogP contribution in [0.15, 0.2) is 60.7 Å². The van der Waals surface area contributed by atoms with Crippen molar-refractivity contribution >= 4 is 5.91 Å². The molecule has 0 saturated heterocycles. The van der Waals surface area contributed by atoms with Crippen LogP contribution in [0.2, 0.25) is 0 Å². The molecule has 2 aromatic carbocycles. The molecule has 0 radical (unpaired) electrons. The first-order valence-corrected chi connectivity index (χ1v) is 6.34. The van der Waals surface area contributed by atoms with Gasteiger partial charge in [0.25, 0.3) is 5.91 Å². The Balaban J connectivity index is 2.15. The molecule has 0 aliphatic carbocycles. The molecular formula is C16H17NO3. The van der Waals surface area contributed by atoms with Crippen LogP contribution >= 0.6 is 0 Å². The lowest BCUT2D eigenvalue weighted by atomic mass is 10.0. The summed E-state index contributed by atoms with van der Waals surface area (Å²) in [6, 6.07) is 19.6. The number of carbonyl (C=O) groups excluding carboxylic acids is 1. The van der Waals surface area contributed by atoms with E-state index in [9.17, 15) is 4.79 Å². The normalized spacial score (nSPS) is 10.5. The molecule has 0 spiro atoms. The van der Waals surface area contributed by atoms with Gasteiger partial charge in [0.1, 0.15) is 12.7 Å². The molecule has 0 bridgehead atoms. The second kappa shape index (κ2) is 7.43. The fourth-order valence-corrected chi connectivity index (χ4v) is 1.94. The van der Waals surface area contributed by atoms with Crippen LogP contribution in [0, 0.1) is 0 Å². The number of ether oxygens (including phenoxy) is 1. The minimum absolute atomic E-state index is 0.0672. The Labute approximate surface area is 118 Å². The third-order valence-electron chi connectivity index (χ3n) is 2.80. The number of hydrogen-bond acceptors (Lipinski definition) is 3. The van der Waals surface area contributed by atoms with Crippen LogP contribution in [0.25, 0.3) is 0 Å². The minimum Gasteiger partial charge on any atom is -0.359 e. The maximum Gasteiger partial charge on any atom is 0.269 e. The lowest BCUT2D eigenvalue weighted by Gasteiger charge is -2.18. The van der Waals surface area contributed by atoms with Gasteiger partial charge in [-0.15, -0.1) is 0 Å². The fourth-order valence-electron chi connectivity index (χ4n) is 1.94. The van der Waals surface area contributed by atoms with Crippen LogP contribution in [-0.4, -0.2) is 19.6 Å². The molecule has 0 heterocycles. The van der Waals surface area contributed by atoms with Crippen LogP contribution in [0.3, 0.4) is 0 Å². The van der Waals surface area contributed by atoms with Crippen molar-refractivity contribution in [2.75, 3.05) is 13.7 Å². The number of benzene rings is 2. The Kier molecular flexibility index (Phi) is 5.29. The predicted octanol–water partition coefficient (Wildman–Crippen LogP) is 2.47. The number of carbonyl (C=O) groups is 1. The van der Waals surface area contributed by atoms with Crippen molar-refractivity contribution in [1.82, 2.24) is 5.48 Å².